The number of allylic oxidation sites excluding steroid dienone is 1. The van der Waals surface area contributed by atoms with Gasteiger partial charge in [-0.2, -0.15) is 0 Å². The fourth-order valence-corrected chi connectivity index (χ4v) is 5.73. The van der Waals surface area contributed by atoms with Crippen LogP contribution in [-0.2, 0) is 4.79 Å². The molecule has 0 aromatic carbocycles. The summed E-state index contributed by atoms with van der Waals surface area (Å²) < 4.78 is 0. The number of ketones is 1. The SMILES string of the molecule is CC(C)C1(O)C=C2C(=O)CC3C(C)(C)C(O)CCC3(C)C2CC1O. The van der Waals surface area contributed by atoms with Crippen LogP contribution in [0.3, 0.4) is 0 Å². The van der Waals surface area contributed by atoms with E-state index in [9.17, 15) is 20.1 Å². The molecule has 0 bridgehead atoms. The van der Waals surface area contributed by atoms with Crippen LogP contribution < -0.4 is 0 Å². The van der Waals surface area contributed by atoms with Crippen molar-refractivity contribution in [3.8, 4) is 0 Å². The molecule has 4 nitrogen and oxygen atoms in total. The Hall–Kier alpha value is -0.710. The molecule has 0 saturated heterocycles. The predicted molar refractivity (Wildman–Crippen MR) is 92.2 cm³/mol. The molecule has 4 heteroatoms. The van der Waals surface area contributed by atoms with Gasteiger partial charge in [0.15, 0.2) is 5.78 Å². The standard InChI is InChI=1S/C20H32O4/c1-11(2)20(24)10-12-13(8-17(20)23)19(5)7-6-16(22)18(3,4)15(19)9-14(12)21/h10-11,13,15-17,22-24H,6-9H2,1-5H3. The molecule has 136 valence electrons. The van der Waals surface area contributed by atoms with Crippen LogP contribution in [0.5, 0.6) is 0 Å². The molecular formula is C20H32O4. The van der Waals surface area contributed by atoms with Gasteiger partial charge in [0.2, 0.25) is 0 Å². The number of carbonyl (C=O) groups excluding carboxylic acids is 1. The maximum Gasteiger partial charge on any atom is 0.159 e. The van der Waals surface area contributed by atoms with E-state index in [-0.39, 0.29) is 34.4 Å². The normalized spacial score (nSPS) is 47.9. The first-order chi connectivity index (χ1) is 10.9. The summed E-state index contributed by atoms with van der Waals surface area (Å²) in [4.78, 5) is 12.9. The Morgan fingerprint density at radius 3 is 2.38 bits per heavy atom. The topological polar surface area (TPSA) is 77.8 Å². The zero-order valence-corrected chi connectivity index (χ0v) is 15.5. The lowest BCUT2D eigenvalue weighted by molar-refractivity contribution is -0.158. The maximum absolute atomic E-state index is 12.9. The number of aliphatic hydroxyl groups excluding tert-OH is 2. The van der Waals surface area contributed by atoms with Gasteiger partial charge >= 0.3 is 0 Å². The van der Waals surface area contributed by atoms with E-state index in [4.69, 9.17) is 0 Å². The Balaban J connectivity index is 2.08. The van der Waals surface area contributed by atoms with Gasteiger partial charge in [-0.15, -0.1) is 0 Å². The summed E-state index contributed by atoms with van der Waals surface area (Å²) in [7, 11) is 0. The second-order valence-corrected chi connectivity index (χ2v) is 9.51. The lowest BCUT2D eigenvalue weighted by Gasteiger charge is -2.60. The number of fused-ring (bicyclic) bond motifs is 3. The lowest BCUT2D eigenvalue weighted by Crippen LogP contribution is -2.60. The van der Waals surface area contributed by atoms with Gasteiger partial charge in [-0.25, -0.2) is 0 Å². The molecule has 0 heterocycles. The van der Waals surface area contributed by atoms with Crippen LogP contribution in [0.1, 0.15) is 60.3 Å². The van der Waals surface area contributed by atoms with E-state index in [1.54, 1.807) is 6.08 Å². The highest BCUT2D eigenvalue weighted by molar-refractivity contribution is 5.97. The molecule has 3 aliphatic carbocycles. The van der Waals surface area contributed by atoms with Gasteiger partial charge in [-0.05, 0) is 59.5 Å². The summed E-state index contributed by atoms with van der Waals surface area (Å²) in [6.07, 6.45) is 2.84. The minimum Gasteiger partial charge on any atom is -0.393 e. The fraction of sp³-hybridized carbons (Fsp3) is 0.850. The van der Waals surface area contributed by atoms with Crippen molar-refractivity contribution in [2.24, 2.45) is 28.6 Å². The minimum absolute atomic E-state index is 0.0375. The number of carbonyl (C=O) groups is 1. The molecule has 0 aromatic heterocycles. The predicted octanol–water partition coefficient (Wildman–Crippen LogP) is 2.46. The summed E-state index contributed by atoms with van der Waals surface area (Å²) in [6, 6.07) is 0. The van der Waals surface area contributed by atoms with Crippen LogP contribution in [0, 0.1) is 28.6 Å². The smallest absolute Gasteiger partial charge is 0.159 e. The third-order valence-corrected chi connectivity index (χ3v) is 7.70. The van der Waals surface area contributed by atoms with Crippen molar-refractivity contribution in [3.05, 3.63) is 11.6 Å². The van der Waals surface area contributed by atoms with Crippen LogP contribution in [0.2, 0.25) is 0 Å². The average Bonchev–Trinajstić information content (AvgIpc) is 2.49. The number of Topliss-reactive ketones (excluding diaryl/α,β-unsaturated/α-hetero) is 1. The highest BCUT2D eigenvalue weighted by Gasteiger charge is 2.60. The van der Waals surface area contributed by atoms with Crippen molar-refractivity contribution >= 4 is 5.78 Å². The molecule has 0 radical (unpaired) electrons. The van der Waals surface area contributed by atoms with Crippen molar-refractivity contribution in [2.45, 2.75) is 78.1 Å². The molecule has 6 atom stereocenters. The molecule has 2 saturated carbocycles. The van der Waals surface area contributed by atoms with Crippen molar-refractivity contribution < 1.29 is 20.1 Å². The second kappa shape index (κ2) is 5.39. The van der Waals surface area contributed by atoms with E-state index < -0.39 is 17.8 Å². The Kier molecular flexibility index (Phi) is 4.06. The van der Waals surface area contributed by atoms with Crippen molar-refractivity contribution in [1.82, 2.24) is 0 Å². The van der Waals surface area contributed by atoms with Crippen molar-refractivity contribution in [1.29, 1.82) is 0 Å². The Labute approximate surface area is 145 Å². The van der Waals surface area contributed by atoms with E-state index in [0.717, 1.165) is 12.8 Å². The molecule has 0 aromatic rings. The summed E-state index contributed by atoms with van der Waals surface area (Å²) in [6.45, 7) is 10.1. The lowest BCUT2D eigenvalue weighted by atomic mass is 9.44. The van der Waals surface area contributed by atoms with Gasteiger partial charge in [0, 0.05) is 6.42 Å². The number of rotatable bonds is 1. The molecule has 0 amide bonds. The molecule has 2 fully saturated rings. The summed E-state index contributed by atoms with van der Waals surface area (Å²) in [5, 5.41) is 32.0. The van der Waals surface area contributed by atoms with Gasteiger partial charge in [0.05, 0.1) is 12.2 Å². The Morgan fingerprint density at radius 1 is 1.17 bits per heavy atom. The monoisotopic (exact) mass is 336 g/mol. The molecule has 24 heavy (non-hydrogen) atoms. The van der Waals surface area contributed by atoms with Crippen LogP contribution in [0.4, 0.5) is 0 Å². The van der Waals surface area contributed by atoms with Crippen LogP contribution >= 0.6 is 0 Å². The van der Waals surface area contributed by atoms with E-state index in [2.05, 4.69) is 20.8 Å². The largest absolute Gasteiger partial charge is 0.393 e. The first-order valence-corrected chi connectivity index (χ1v) is 9.29. The highest BCUT2D eigenvalue weighted by atomic mass is 16.3. The van der Waals surface area contributed by atoms with E-state index in [1.807, 2.05) is 13.8 Å². The van der Waals surface area contributed by atoms with Crippen LogP contribution in [-0.4, -0.2) is 38.9 Å². The number of hydrogen-bond acceptors (Lipinski definition) is 4. The third kappa shape index (κ3) is 2.26. The van der Waals surface area contributed by atoms with E-state index in [1.165, 1.54) is 0 Å². The number of hydrogen-bond donors (Lipinski definition) is 3. The first-order valence-electron chi connectivity index (χ1n) is 9.29. The average molecular weight is 336 g/mol. The Morgan fingerprint density at radius 2 is 1.79 bits per heavy atom. The quantitative estimate of drug-likeness (QED) is 0.687. The molecule has 3 rings (SSSR count). The summed E-state index contributed by atoms with van der Waals surface area (Å²) in [5.74, 6) is -0.00934. The van der Waals surface area contributed by atoms with Gasteiger partial charge in [0.1, 0.15) is 5.60 Å². The first kappa shape index (κ1) is 18.1. The van der Waals surface area contributed by atoms with E-state index in [0.29, 0.717) is 18.4 Å². The minimum atomic E-state index is -1.33. The van der Waals surface area contributed by atoms with Crippen LogP contribution in [0.15, 0.2) is 11.6 Å². The van der Waals surface area contributed by atoms with Crippen LogP contribution in [0.25, 0.3) is 0 Å². The molecule has 3 aliphatic rings. The van der Waals surface area contributed by atoms with E-state index >= 15 is 0 Å². The van der Waals surface area contributed by atoms with Crippen molar-refractivity contribution in [2.75, 3.05) is 0 Å². The molecule has 3 N–H and O–H groups in total. The fourth-order valence-electron chi connectivity index (χ4n) is 5.73. The summed E-state index contributed by atoms with van der Waals surface area (Å²) >= 11 is 0. The molecule has 0 aliphatic heterocycles. The van der Waals surface area contributed by atoms with Gasteiger partial charge in [-0.1, -0.05) is 34.6 Å². The van der Waals surface area contributed by atoms with Gasteiger partial charge in [-0.3, -0.25) is 4.79 Å². The Bertz CT molecular complexity index is 578. The molecular weight excluding hydrogens is 304 g/mol. The van der Waals surface area contributed by atoms with Gasteiger partial charge < -0.3 is 15.3 Å². The number of aliphatic hydroxyl groups is 3. The summed E-state index contributed by atoms with van der Waals surface area (Å²) in [5.41, 5.74) is -1.05. The second-order valence-electron chi connectivity index (χ2n) is 9.51. The van der Waals surface area contributed by atoms with Gasteiger partial charge in [0.25, 0.3) is 0 Å². The molecule has 6 unspecified atom stereocenters. The maximum atomic E-state index is 12.9. The zero-order valence-electron chi connectivity index (χ0n) is 15.5. The third-order valence-electron chi connectivity index (χ3n) is 7.70. The zero-order chi connectivity index (χ0) is 18.1. The van der Waals surface area contributed by atoms with Crippen molar-refractivity contribution in [3.63, 3.8) is 0 Å². The molecule has 0 spiro atoms. The highest BCUT2D eigenvalue weighted by Crippen LogP contribution is 2.62.